The van der Waals surface area contributed by atoms with Gasteiger partial charge >= 0.3 is 0 Å². The van der Waals surface area contributed by atoms with E-state index in [9.17, 15) is 4.79 Å². The summed E-state index contributed by atoms with van der Waals surface area (Å²) in [5, 5.41) is 0. The van der Waals surface area contributed by atoms with Gasteiger partial charge in [-0.2, -0.15) is 0 Å². The second-order valence-corrected chi connectivity index (χ2v) is 4.93. The van der Waals surface area contributed by atoms with Crippen molar-refractivity contribution in [3.63, 3.8) is 0 Å². The molecule has 4 nitrogen and oxygen atoms in total. The highest BCUT2D eigenvalue weighted by Gasteiger charge is 2.36. The molecule has 1 atom stereocenters. The summed E-state index contributed by atoms with van der Waals surface area (Å²) in [6.07, 6.45) is 2.05. The number of furan rings is 1. The second-order valence-electron chi connectivity index (χ2n) is 4.93. The first kappa shape index (κ1) is 11.3. The van der Waals surface area contributed by atoms with Crippen molar-refractivity contribution in [1.82, 2.24) is 0 Å². The smallest absolute Gasteiger partial charge is 0.223 e. The Morgan fingerprint density at radius 1 is 1.15 bits per heavy atom. The highest BCUT2D eigenvalue weighted by Crippen LogP contribution is 2.39. The summed E-state index contributed by atoms with van der Waals surface area (Å²) in [5.41, 5.74) is 3.33. The largest absolute Gasteiger partial charge is 0.446 e. The van der Waals surface area contributed by atoms with Crippen LogP contribution in [-0.4, -0.2) is 23.8 Å². The lowest BCUT2D eigenvalue weighted by atomic mass is 9.82. The number of fused-ring (bicyclic) bond motifs is 2. The molecule has 2 aromatic rings. The predicted octanol–water partition coefficient (Wildman–Crippen LogP) is 2.91. The van der Waals surface area contributed by atoms with Crippen molar-refractivity contribution in [2.24, 2.45) is 9.98 Å². The Morgan fingerprint density at radius 3 is 2.85 bits per heavy atom. The van der Waals surface area contributed by atoms with E-state index in [1.807, 2.05) is 36.4 Å². The summed E-state index contributed by atoms with van der Waals surface area (Å²) in [6.45, 7) is 0.545. The zero-order valence-corrected chi connectivity index (χ0v) is 10.7. The summed E-state index contributed by atoms with van der Waals surface area (Å²) in [5.74, 6) is 0.530. The van der Waals surface area contributed by atoms with E-state index in [2.05, 4.69) is 9.98 Å². The van der Waals surface area contributed by atoms with Gasteiger partial charge in [0.05, 0.1) is 17.9 Å². The van der Waals surface area contributed by atoms with Crippen LogP contribution in [0.15, 0.2) is 57.1 Å². The molecule has 0 bridgehead atoms. The van der Waals surface area contributed by atoms with Gasteiger partial charge in [0.1, 0.15) is 5.71 Å². The number of rotatable bonds is 1. The van der Waals surface area contributed by atoms with Gasteiger partial charge in [0.25, 0.3) is 0 Å². The maximum atomic E-state index is 12.1. The Bertz CT molecular complexity index is 741. The van der Waals surface area contributed by atoms with Crippen LogP contribution in [-0.2, 0) is 4.79 Å². The molecule has 4 heteroatoms. The van der Waals surface area contributed by atoms with Crippen molar-refractivity contribution in [3.8, 4) is 0 Å². The van der Waals surface area contributed by atoms with Gasteiger partial charge in [-0.1, -0.05) is 30.3 Å². The molecule has 20 heavy (non-hydrogen) atoms. The first-order valence-corrected chi connectivity index (χ1v) is 6.63. The average Bonchev–Trinajstić information content (AvgIpc) is 2.94. The van der Waals surface area contributed by atoms with Crippen molar-refractivity contribution in [3.05, 3.63) is 53.8 Å². The number of carbonyl (C=O) groups excluding carboxylic acids is 1. The third kappa shape index (κ3) is 1.58. The zero-order valence-electron chi connectivity index (χ0n) is 10.7. The number of benzene rings is 1. The van der Waals surface area contributed by atoms with E-state index in [0.29, 0.717) is 24.6 Å². The normalized spacial score (nSPS) is 20.8. The molecule has 0 N–H and O–H groups in total. The molecule has 0 radical (unpaired) electrons. The molecule has 0 aliphatic carbocycles. The monoisotopic (exact) mass is 264 g/mol. The number of nitrogens with zero attached hydrogens (tertiary/aromatic N) is 2. The minimum absolute atomic E-state index is 0.0537. The Morgan fingerprint density at radius 2 is 2.00 bits per heavy atom. The van der Waals surface area contributed by atoms with Crippen molar-refractivity contribution >= 4 is 23.1 Å². The van der Waals surface area contributed by atoms with Crippen LogP contribution in [0, 0.1) is 0 Å². The van der Waals surface area contributed by atoms with E-state index in [0.717, 1.165) is 16.8 Å². The SMILES string of the molecule is O=C1CCN=C2C1=Nc1occc1C2c1ccccc1. The van der Waals surface area contributed by atoms with E-state index < -0.39 is 0 Å². The van der Waals surface area contributed by atoms with Gasteiger partial charge in [-0.25, -0.2) is 4.99 Å². The number of hydrogen-bond donors (Lipinski definition) is 0. The fraction of sp³-hybridized carbons (Fsp3) is 0.188. The van der Waals surface area contributed by atoms with Gasteiger partial charge in [-0.15, -0.1) is 0 Å². The van der Waals surface area contributed by atoms with E-state index in [4.69, 9.17) is 4.42 Å². The maximum Gasteiger partial charge on any atom is 0.223 e. The van der Waals surface area contributed by atoms with Gasteiger partial charge in [-0.05, 0) is 11.6 Å². The molecule has 1 aromatic heterocycles. The minimum atomic E-state index is -0.0540. The number of aliphatic imine (C=N–C) groups is 2. The lowest BCUT2D eigenvalue weighted by molar-refractivity contribution is -0.112. The lowest BCUT2D eigenvalue weighted by Crippen LogP contribution is -2.35. The zero-order chi connectivity index (χ0) is 13.5. The summed E-state index contributed by atoms with van der Waals surface area (Å²) in [6, 6.07) is 12.0. The van der Waals surface area contributed by atoms with Crippen LogP contribution in [0.4, 0.5) is 5.88 Å². The third-order valence-electron chi connectivity index (χ3n) is 3.73. The fourth-order valence-electron chi connectivity index (χ4n) is 2.82. The van der Waals surface area contributed by atoms with E-state index in [1.165, 1.54) is 0 Å². The van der Waals surface area contributed by atoms with Gasteiger partial charge in [-0.3, -0.25) is 9.79 Å². The fourth-order valence-corrected chi connectivity index (χ4v) is 2.82. The number of hydrogen-bond acceptors (Lipinski definition) is 4. The molecule has 0 saturated carbocycles. The molecule has 0 spiro atoms. The molecule has 0 saturated heterocycles. The van der Waals surface area contributed by atoms with E-state index in [-0.39, 0.29) is 11.7 Å². The first-order valence-electron chi connectivity index (χ1n) is 6.63. The standard InChI is InChI=1S/C16H12N2O2/c19-12-6-8-17-15-13(10-4-2-1-3-5-10)11-7-9-20-16(11)18-14(12)15/h1-5,7,9,13H,6,8H2. The molecule has 3 heterocycles. The Kier molecular flexibility index (Phi) is 2.42. The Hall–Kier alpha value is -2.49. The predicted molar refractivity (Wildman–Crippen MR) is 76.0 cm³/mol. The van der Waals surface area contributed by atoms with Crippen LogP contribution < -0.4 is 0 Å². The molecule has 4 rings (SSSR count). The van der Waals surface area contributed by atoms with Crippen molar-refractivity contribution in [2.75, 3.05) is 6.54 Å². The summed E-state index contributed by atoms with van der Waals surface area (Å²) in [7, 11) is 0. The maximum absolute atomic E-state index is 12.1. The van der Waals surface area contributed by atoms with Gasteiger partial charge in [0.15, 0.2) is 5.78 Å². The lowest BCUT2D eigenvalue weighted by Gasteiger charge is -2.26. The molecular formula is C16H12N2O2. The molecule has 98 valence electrons. The molecule has 1 aromatic carbocycles. The van der Waals surface area contributed by atoms with Crippen molar-refractivity contribution in [2.45, 2.75) is 12.3 Å². The molecular weight excluding hydrogens is 252 g/mol. The Labute approximate surface area is 115 Å². The molecule has 0 fully saturated rings. The van der Waals surface area contributed by atoms with E-state index in [1.54, 1.807) is 6.26 Å². The Balaban J connectivity index is 1.96. The van der Waals surface area contributed by atoms with Gasteiger partial charge in [0.2, 0.25) is 5.88 Å². The molecule has 0 amide bonds. The highest BCUT2D eigenvalue weighted by atomic mass is 16.3. The van der Waals surface area contributed by atoms with Gasteiger partial charge < -0.3 is 4.42 Å². The minimum Gasteiger partial charge on any atom is -0.446 e. The second kappa shape index (κ2) is 4.27. The van der Waals surface area contributed by atoms with Crippen LogP contribution in [0.25, 0.3) is 0 Å². The van der Waals surface area contributed by atoms with Crippen LogP contribution in [0.3, 0.4) is 0 Å². The first-order chi connectivity index (χ1) is 9.84. The molecule has 2 aliphatic heterocycles. The summed E-state index contributed by atoms with van der Waals surface area (Å²) >= 11 is 0. The highest BCUT2D eigenvalue weighted by molar-refractivity contribution is 6.70. The summed E-state index contributed by atoms with van der Waals surface area (Å²) in [4.78, 5) is 21.0. The van der Waals surface area contributed by atoms with Crippen LogP contribution in [0.1, 0.15) is 23.5 Å². The van der Waals surface area contributed by atoms with E-state index >= 15 is 0 Å². The van der Waals surface area contributed by atoms with Crippen LogP contribution in [0.5, 0.6) is 0 Å². The van der Waals surface area contributed by atoms with Crippen molar-refractivity contribution in [1.29, 1.82) is 0 Å². The van der Waals surface area contributed by atoms with Gasteiger partial charge in [0, 0.05) is 18.5 Å². The van der Waals surface area contributed by atoms with Crippen LogP contribution >= 0.6 is 0 Å². The molecule has 1 unspecified atom stereocenters. The molecule has 2 aliphatic rings. The van der Waals surface area contributed by atoms with Crippen LogP contribution in [0.2, 0.25) is 0 Å². The quantitative estimate of drug-likeness (QED) is 0.795. The third-order valence-corrected chi connectivity index (χ3v) is 3.73. The number of Topliss-reactive ketones (excluding diaryl/α,β-unsaturated/α-hetero) is 1. The average molecular weight is 264 g/mol. The number of ketones is 1. The topological polar surface area (TPSA) is 54.9 Å². The summed E-state index contributed by atoms with van der Waals surface area (Å²) < 4.78 is 5.41. The van der Waals surface area contributed by atoms with Crippen molar-refractivity contribution < 1.29 is 9.21 Å². The number of carbonyl (C=O) groups is 1.